The summed E-state index contributed by atoms with van der Waals surface area (Å²) in [5.74, 6) is -1.61. The first-order chi connectivity index (χ1) is 8.34. The number of amides is 1. The zero-order valence-corrected chi connectivity index (χ0v) is 11.3. The SMILES string of the molecule is CC(CN(C)C(=O)c1cccn1C(C)C)C(=O)O. The molecule has 1 heterocycles. The molecule has 1 amide bonds. The van der Waals surface area contributed by atoms with Crippen molar-refractivity contribution in [3.63, 3.8) is 0 Å². The van der Waals surface area contributed by atoms with Crippen molar-refractivity contribution in [3.8, 4) is 0 Å². The van der Waals surface area contributed by atoms with Crippen LogP contribution >= 0.6 is 0 Å². The quantitative estimate of drug-likeness (QED) is 0.870. The average Bonchev–Trinajstić information content (AvgIpc) is 2.76. The Morgan fingerprint density at radius 3 is 2.50 bits per heavy atom. The summed E-state index contributed by atoms with van der Waals surface area (Å²) in [4.78, 5) is 24.4. The smallest absolute Gasteiger partial charge is 0.308 e. The van der Waals surface area contributed by atoms with Crippen molar-refractivity contribution in [2.75, 3.05) is 13.6 Å². The van der Waals surface area contributed by atoms with Crippen LogP contribution < -0.4 is 0 Å². The molecule has 0 saturated heterocycles. The maximum Gasteiger partial charge on any atom is 0.308 e. The van der Waals surface area contributed by atoms with Crippen LogP contribution in [-0.2, 0) is 4.79 Å². The molecule has 1 atom stereocenters. The van der Waals surface area contributed by atoms with E-state index in [0.29, 0.717) is 5.69 Å². The van der Waals surface area contributed by atoms with Gasteiger partial charge < -0.3 is 14.6 Å². The second kappa shape index (κ2) is 5.71. The molecule has 0 radical (unpaired) electrons. The van der Waals surface area contributed by atoms with Crippen molar-refractivity contribution >= 4 is 11.9 Å². The minimum Gasteiger partial charge on any atom is -0.481 e. The summed E-state index contributed by atoms with van der Waals surface area (Å²) in [6, 6.07) is 3.77. The Kier molecular flexibility index (Phi) is 4.53. The highest BCUT2D eigenvalue weighted by Crippen LogP contribution is 2.13. The van der Waals surface area contributed by atoms with Crippen molar-refractivity contribution in [3.05, 3.63) is 24.0 Å². The average molecular weight is 252 g/mol. The molecule has 1 unspecified atom stereocenters. The first-order valence-electron chi connectivity index (χ1n) is 5.99. The normalized spacial score (nSPS) is 12.5. The molecular formula is C13H20N2O3. The maximum atomic E-state index is 12.2. The van der Waals surface area contributed by atoms with Gasteiger partial charge in [0.25, 0.3) is 5.91 Å². The molecule has 0 spiro atoms. The molecule has 1 rings (SSSR count). The van der Waals surface area contributed by atoms with Gasteiger partial charge in [0.05, 0.1) is 5.92 Å². The zero-order chi connectivity index (χ0) is 13.9. The summed E-state index contributed by atoms with van der Waals surface area (Å²) >= 11 is 0. The summed E-state index contributed by atoms with van der Waals surface area (Å²) in [6.45, 7) is 5.79. The Hall–Kier alpha value is -1.78. The van der Waals surface area contributed by atoms with Gasteiger partial charge in [-0.15, -0.1) is 0 Å². The summed E-state index contributed by atoms with van der Waals surface area (Å²) in [7, 11) is 1.62. The lowest BCUT2D eigenvalue weighted by atomic mass is 10.1. The van der Waals surface area contributed by atoms with Crippen LogP contribution in [-0.4, -0.2) is 40.0 Å². The molecule has 100 valence electrons. The fraction of sp³-hybridized carbons (Fsp3) is 0.538. The van der Waals surface area contributed by atoms with Gasteiger partial charge in [-0.05, 0) is 26.0 Å². The predicted octanol–water partition coefficient (Wildman–Crippen LogP) is 1.86. The minimum atomic E-state index is -0.895. The van der Waals surface area contributed by atoms with Crippen LogP contribution in [0.5, 0.6) is 0 Å². The molecule has 0 bridgehead atoms. The van der Waals surface area contributed by atoms with Crippen molar-refractivity contribution in [2.45, 2.75) is 26.8 Å². The third kappa shape index (κ3) is 3.12. The number of carbonyl (C=O) groups is 2. The van der Waals surface area contributed by atoms with E-state index < -0.39 is 11.9 Å². The van der Waals surface area contributed by atoms with Gasteiger partial charge in [-0.2, -0.15) is 0 Å². The molecule has 0 aromatic carbocycles. The molecular weight excluding hydrogens is 232 g/mol. The predicted molar refractivity (Wildman–Crippen MR) is 68.6 cm³/mol. The van der Waals surface area contributed by atoms with E-state index in [9.17, 15) is 9.59 Å². The van der Waals surface area contributed by atoms with E-state index in [1.54, 1.807) is 20.0 Å². The number of nitrogens with zero attached hydrogens (tertiary/aromatic N) is 2. The van der Waals surface area contributed by atoms with Crippen molar-refractivity contribution < 1.29 is 14.7 Å². The lowest BCUT2D eigenvalue weighted by Gasteiger charge is -2.21. The van der Waals surface area contributed by atoms with Crippen molar-refractivity contribution in [1.29, 1.82) is 0 Å². The molecule has 5 heteroatoms. The van der Waals surface area contributed by atoms with E-state index in [-0.39, 0.29) is 18.5 Å². The highest BCUT2D eigenvalue weighted by Gasteiger charge is 2.21. The highest BCUT2D eigenvalue weighted by atomic mass is 16.4. The number of hydrogen-bond acceptors (Lipinski definition) is 2. The van der Waals surface area contributed by atoms with Crippen molar-refractivity contribution in [2.24, 2.45) is 5.92 Å². The number of hydrogen-bond donors (Lipinski definition) is 1. The fourth-order valence-corrected chi connectivity index (χ4v) is 1.79. The molecule has 1 aromatic heterocycles. The zero-order valence-electron chi connectivity index (χ0n) is 11.3. The largest absolute Gasteiger partial charge is 0.481 e. The lowest BCUT2D eigenvalue weighted by Crippen LogP contribution is -2.34. The molecule has 5 nitrogen and oxygen atoms in total. The third-order valence-electron chi connectivity index (χ3n) is 2.87. The second-order valence-corrected chi connectivity index (χ2v) is 4.82. The fourth-order valence-electron chi connectivity index (χ4n) is 1.79. The van der Waals surface area contributed by atoms with Crippen LogP contribution in [0.15, 0.2) is 18.3 Å². The number of carboxylic acid groups (broad SMARTS) is 1. The number of aromatic nitrogens is 1. The van der Waals surface area contributed by atoms with E-state index in [1.807, 2.05) is 30.7 Å². The Labute approximate surface area is 107 Å². The molecule has 1 aromatic rings. The Bertz CT molecular complexity index is 437. The summed E-state index contributed by atoms with van der Waals surface area (Å²) in [6.07, 6.45) is 1.85. The Balaban J connectivity index is 2.80. The van der Waals surface area contributed by atoms with E-state index in [2.05, 4.69) is 0 Å². The summed E-state index contributed by atoms with van der Waals surface area (Å²) < 4.78 is 1.88. The number of rotatable bonds is 5. The van der Waals surface area contributed by atoms with Crippen LogP contribution in [0.2, 0.25) is 0 Å². The van der Waals surface area contributed by atoms with Gasteiger partial charge in [0.2, 0.25) is 0 Å². The number of aliphatic carboxylic acids is 1. The van der Waals surface area contributed by atoms with Crippen LogP contribution in [0.3, 0.4) is 0 Å². The van der Waals surface area contributed by atoms with Gasteiger partial charge in [-0.25, -0.2) is 0 Å². The molecule has 1 N–H and O–H groups in total. The molecule has 0 aliphatic heterocycles. The Morgan fingerprint density at radius 2 is 2.00 bits per heavy atom. The van der Waals surface area contributed by atoms with Crippen LogP contribution in [0, 0.1) is 5.92 Å². The maximum absolute atomic E-state index is 12.2. The van der Waals surface area contributed by atoms with Gasteiger partial charge in [-0.3, -0.25) is 9.59 Å². The molecule has 18 heavy (non-hydrogen) atoms. The monoisotopic (exact) mass is 252 g/mol. The van der Waals surface area contributed by atoms with Crippen LogP contribution in [0.25, 0.3) is 0 Å². The minimum absolute atomic E-state index is 0.151. The second-order valence-electron chi connectivity index (χ2n) is 4.82. The topological polar surface area (TPSA) is 62.5 Å². The van der Waals surface area contributed by atoms with Crippen LogP contribution in [0.1, 0.15) is 37.3 Å². The van der Waals surface area contributed by atoms with Gasteiger partial charge in [0, 0.05) is 25.8 Å². The van der Waals surface area contributed by atoms with Gasteiger partial charge in [0.1, 0.15) is 5.69 Å². The standard InChI is InChI=1S/C13H20N2O3/c1-9(2)15-7-5-6-11(15)12(16)14(4)8-10(3)13(17)18/h5-7,9-10H,8H2,1-4H3,(H,17,18). The lowest BCUT2D eigenvalue weighted by molar-refractivity contribution is -0.141. The first kappa shape index (κ1) is 14.3. The van der Waals surface area contributed by atoms with Gasteiger partial charge in [-0.1, -0.05) is 6.92 Å². The van der Waals surface area contributed by atoms with Gasteiger partial charge >= 0.3 is 5.97 Å². The van der Waals surface area contributed by atoms with E-state index >= 15 is 0 Å². The van der Waals surface area contributed by atoms with Gasteiger partial charge in [0.15, 0.2) is 0 Å². The summed E-state index contributed by atoms with van der Waals surface area (Å²) in [5, 5.41) is 8.84. The van der Waals surface area contributed by atoms with E-state index in [4.69, 9.17) is 5.11 Å². The molecule has 0 saturated carbocycles. The highest BCUT2D eigenvalue weighted by molar-refractivity contribution is 5.92. The number of carboxylic acids is 1. The Morgan fingerprint density at radius 1 is 1.39 bits per heavy atom. The summed E-state index contributed by atoms with van der Waals surface area (Å²) in [5.41, 5.74) is 0.588. The molecule has 0 aliphatic carbocycles. The first-order valence-corrected chi connectivity index (χ1v) is 5.99. The molecule has 0 fully saturated rings. The van der Waals surface area contributed by atoms with Crippen molar-refractivity contribution in [1.82, 2.24) is 9.47 Å². The third-order valence-corrected chi connectivity index (χ3v) is 2.87. The number of carbonyl (C=O) groups excluding carboxylic acids is 1. The molecule has 0 aliphatic rings. The van der Waals surface area contributed by atoms with Crippen LogP contribution in [0.4, 0.5) is 0 Å². The van der Waals surface area contributed by atoms with E-state index in [0.717, 1.165) is 0 Å². The van der Waals surface area contributed by atoms with E-state index in [1.165, 1.54) is 4.90 Å².